The summed E-state index contributed by atoms with van der Waals surface area (Å²) < 4.78 is 26.9. The molecule has 1 atom stereocenters. The average molecular weight is 346 g/mol. The van der Waals surface area contributed by atoms with Crippen LogP contribution in [0.5, 0.6) is 0 Å². The van der Waals surface area contributed by atoms with Crippen LogP contribution in [-0.2, 0) is 14.8 Å². The maximum absolute atomic E-state index is 12.2. The zero-order chi connectivity index (χ0) is 17.7. The fourth-order valence-electron chi connectivity index (χ4n) is 2.24. The predicted octanol–water partition coefficient (Wildman–Crippen LogP) is 3.32. The Morgan fingerprint density at radius 1 is 1.00 bits per heavy atom. The first-order valence-electron chi connectivity index (χ1n) is 7.70. The van der Waals surface area contributed by atoms with Crippen molar-refractivity contribution in [3.05, 3.63) is 59.7 Å². The number of carbonyl (C=O) groups excluding carboxylic acids is 1. The normalized spacial score (nSPS) is 12.5. The molecular weight excluding hydrogens is 324 g/mol. The molecule has 0 heterocycles. The van der Waals surface area contributed by atoms with Crippen LogP contribution in [0.3, 0.4) is 0 Å². The van der Waals surface area contributed by atoms with Crippen LogP contribution in [0.4, 0.5) is 11.4 Å². The summed E-state index contributed by atoms with van der Waals surface area (Å²) in [5, 5.41) is 2.75. The van der Waals surface area contributed by atoms with Crippen LogP contribution >= 0.6 is 0 Å². The van der Waals surface area contributed by atoms with Crippen LogP contribution in [0.25, 0.3) is 0 Å². The van der Waals surface area contributed by atoms with Gasteiger partial charge in [-0.3, -0.25) is 9.52 Å². The summed E-state index contributed by atoms with van der Waals surface area (Å²) in [5.41, 5.74) is 3.22. The van der Waals surface area contributed by atoms with Crippen molar-refractivity contribution in [2.24, 2.45) is 5.92 Å². The molecule has 2 aromatic rings. The number of nitrogens with one attached hydrogen (secondary N) is 2. The molecule has 2 rings (SSSR count). The molecule has 2 N–H and O–H groups in total. The van der Waals surface area contributed by atoms with Crippen LogP contribution in [0, 0.1) is 19.8 Å². The maximum atomic E-state index is 12.2. The van der Waals surface area contributed by atoms with Crippen molar-refractivity contribution in [3.63, 3.8) is 0 Å². The Bertz CT molecular complexity index is 814. The number of anilines is 2. The third kappa shape index (κ3) is 5.38. The fraction of sp³-hybridized carbons (Fsp3) is 0.278. The molecule has 0 spiro atoms. The van der Waals surface area contributed by atoms with E-state index in [9.17, 15) is 13.2 Å². The standard InChI is InChI=1S/C18H22N2O3S/c1-13-7-9-16(10-8-13)20-24(22,23)12-15(3)18(21)19-17-6-4-5-14(2)11-17/h4-11,15,20H,12H2,1-3H3,(H,19,21). The van der Waals surface area contributed by atoms with Gasteiger partial charge in [0.2, 0.25) is 15.9 Å². The summed E-state index contributed by atoms with van der Waals surface area (Å²) in [6.07, 6.45) is 0. The third-order valence-corrected chi connectivity index (χ3v) is 5.01. The first-order chi connectivity index (χ1) is 11.2. The van der Waals surface area contributed by atoms with Crippen LogP contribution in [0.15, 0.2) is 48.5 Å². The maximum Gasteiger partial charge on any atom is 0.233 e. The molecule has 0 fully saturated rings. The molecule has 2 aromatic carbocycles. The second-order valence-corrected chi connectivity index (χ2v) is 7.78. The molecule has 0 aromatic heterocycles. The number of hydrogen-bond acceptors (Lipinski definition) is 3. The van der Waals surface area contributed by atoms with E-state index in [2.05, 4.69) is 10.0 Å². The van der Waals surface area contributed by atoms with Crippen molar-refractivity contribution in [1.29, 1.82) is 0 Å². The Morgan fingerprint density at radius 2 is 1.67 bits per heavy atom. The number of amides is 1. The molecule has 1 amide bonds. The van der Waals surface area contributed by atoms with E-state index in [0.717, 1.165) is 11.1 Å². The van der Waals surface area contributed by atoms with Gasteiger partial charge in [-0.1, -0.05) is 36.8 Å². The second-order valence-electron chi connectivity index (χ2n) is 6.01. The van der Waals surface area contributed by atoms with E-state index in [-0.39, 0.29) is 11.7 Å². The molecule has 128 valence electrons. The lowest BCUT2D eigenvalue weighted by atomic mass is 10.2. The van der Waals surface area contributed by atoms with Gasteiger partial charge in [0.25, 0.3) is 0 Å². The largest absolute Gasteiger partial charge is 0.326 e. The highest BCUT2D eigenvalue weighted by Gasteiger charge is 2.21. The monoisotopic (exact) mass is 346 g/mol. The molecule has 0 bridgehead atoms. The van der Waals surface area contributed by atoms with Gasteiger partial charge in [0.05, 0.1) is 11.7 Å². The SMILES string of the molecule is Cc1ccc(NS(=O)(=O)CC(C)C(=O)Nc2cccc(C)c2)cc1. The molecule has 5 nitrogen and oxygen atoms in total. The van der Waals surface area contributed by atoms with Gasteiger partial charge in [-0.25, -0.2) is 8.42 Å². The van der Waals surface area contributed by atoms with E-state index in [1.165, 1.54) is 0 Å². The molecule has 1 unspecified atom stereocenters. The molecule has 0 saturated carbocycles. The Morgan fingerprint density at radius 3 is 2.29 bits per heavy atom. The van der Waals surface area contributed by atoms with Gasteiger partial charge >= 0.3 is 0 Å². The lowest BCUT2D eigenvalue weighted by molar-refractivity contribution is -0.118. The minimum Gasteiger partial charge on any atom is -0.326 e. The highest BCUT2D eigenvalue weighted by atomic mass is 32.2. The summed E-state index contributed by atoms with van der Waals surface area (Å²) >= 11 is 0. The smallest absolute Gasteiger partial charge is 0.233 e. The van der Waals surface area contributed by atoms with Crippen molar-refractivity contribution in [1.82, 2.24) is 0 Å². The van der Waals surface area contributed by atoms with Gasteiger partial charge in [0, 0.05) is 11.4 Å². The molecule has 0 aliphatic rings. The summed E-state index contributed by atoms with van der Waals surface area (Å²) in [5.74, 6) is -1.28. The number of carbonyl (C=O) groups is 1. The highest BCUT2D eigenvalue weighted by molar-refractivity contribution is 7.92. The van der Waals surface area contributed by atoms with Crippen LogP contribution in [0.2, 0.25) is 0 Å². The molecule has 0 radical (unpaired) electrons. The molecule has 6 heteroatoms. The fourth-order valence-corrected chi connectivity index (χ4v) is 3.62. The lowest BCUT2D eigenvalue weighted by Gasteiger charge is -2.14. The van der Waals surface area contributed by atoms with Crippen molar-refractivity contribution in [3.8, 4) is 0 Å². The summed E-state index contributed by atoms with van der Waals surface area (Å²) in [6, 6.07) is 14.4. The Balaban J connectivity index is 1.97. The van der Waals surface area contributed by atoms with Crippen molar-refractivity contribution < 1.29 is 13.2 Å². The molecular formula is C18H22N2O3S. The predicted molar refractivity (Wildman–Crippen MR) is 97.6 cm³/mol. The topological polar surface area (TPSA) is 75.3 Å². The van der Waals surface area contributed by atoms with Crippen LogP contribution < -0.4 is 10.0 Å². The second kappa shape index (κ2) is 7.49. The first-order valence-corrected chi connectivity index (χ1v) is 9.35. The van der Waals surface area contributed by atoms with Gasteiger partial charge < -0.3 is 5.32 Å². The Hall–Kier alpha value is -2.34. The third-order valence-electron chi connectivity index (χ3n) is 3.53. The zero-order valence-corrected chi connectivity index (χ0v) is 14.9. The number of aryl methyl sites for hydroxylation is 2. The van der Waals surface area contributed by atoms with E-state index in [4.69, 9.17) is 0 Å². The quantitative estimate of drug-likeness (QED) is 0.842. The number of benzene rings is 2. The van der Waals surface area contributed by atoms with Gasteiger partial charge in [-0.15, -0.1) is 0 Å². The van der Waals surface area contributed by atoms with E-state index < -0.39 is 15.9 Å². The van der Waals surface area contributed by atoms with Gasteiger partial charge in [-0.05, 0) is 43.7 Å². The van der Waals surface area contributed by atoms with Crippen LogP contribution in [-0.4, -0.2) is 20.1 Å². The van der Waals surface area contributed by atoms with Crippen molar-refractivity contribution in [2.45, 2.75) is 20.8 Å². The van der Waals surface area contributed by atoms with Gasteiger partial charge in [0.1, 0.15) is 0 Å². The molecule has 0 aliphatic heterocycles. The number of hydrogen-bond donors (Lipinski definition) is 2. The minimum absolute atomic E-state index is 0.279. The molecule has 0 saturated heterocycles. The first kappa shape index (κ1) is 18.0. The molecule has 24 heavy (non-hydrogen) atoms. The summed E-state index contributed by atoms with van der Waals surface area (Å²) in [7, 11) is -3.60. The molecule has 0 aliphatic carbocycles. The number of rotatable bonds is 6. The van der Waals surface area contributed by atoms with Crippen molar-refractivity contribution in [2.75, 3.05) is 15.8 Å². The lowest BCUT2D eigenvalue weighted by Crippen LogP contribution is -2.29. The van der Waals surface area contributed by atoms with E-state index >= 15 is 0 Å². The number of sulfonamides is 1. The zero-order valence-electron chi connectivity index (χ0n) is 14.0. The summed E-state index contributed by atoms with van der Waals surface area (Å²) in [6.45, 7) is 5.45. The van der Waals surface area contributed by atoms with E-state index in [1.54, 1.807) is 25.1 Å². The summed E-state index contributed by atoms with van der Waals surface area (Å²) in [4.78, 5) is 12.2. The highest BCUT2D eigenvalue weighted by Crippen LogP contribution is 2.14. The van der Waals surface area contributed by atoms with E-state index in [0.29, 0.717) is 11.4 Å². The van der Waals surface area contributed by atoms with Crippen LogP contribution in [0.1, 0.15) is 18.1 Å². The Kier molecular flexibility index (Phi) is 5.62. The minimum atomic E-state index is -3.60. The van der Waals surface area contributed by atoms with Crippen molar-refractivity contribution >= 4 is 27.3 Å². The van der Waals surface area contributed by atoms with Gasteiger partial charge in [-0.2, -0.15) is 0 Å². The average Bonchev–Trinajstić information content (AvgIpc) is 2.49. The Labute approximate surface area is 143 Å². The van der Waals surface area contributed by atoms with E-state index in [1.807, 2.05) is 44.2 Å². The van der Waals surface area contributed by atoms with Gasteiger partial charge in [0.15, 0.2) is 0 Å².